The summed E-state index contributed by atoms with van der Waals surface area (Å²) in [6.07, 6.45) is 3.01. The van der Waals surface area contributed by atoms with Crippen LogP contribution in [0, 0.1) is 0 Å². The number of halogens is 1. The number of nitrogens with one attached hydrogen (secondary N) is 3. The molecule has 3 N–H and O–H groups in total. The Bertz CT molecular complexity index is 442. The fourth-order valence-corrected chi connectivity index (χ4v) is 1.59. The molecule has 1 atom stereocenters. The van der Waals surface area contributed by atoms with Crippen LogP contribution in [-0.4, -0.2) is 35.9 Å². The molecule has 2 amide bonds. The molecule has 90 valence electrons. The van der Waals surface area contributed by atoms with Crippen molar-refractivity contribution in [3.8, 4) is 0 Å². The molecule has 7 heteroatoms. The largest absolute Gasteiger partial charge is 0.353 e. The van der Waals surface area contributed by atoms with E-state index in [4.69, 9.17) is 11.6 Å². The van der Waals surface area contributed by atoms with Crippen LogP contribution in [0.2, 0.25) is 5.02 Å². The Hall–Kier alpha value is -1.66. The van der Waals surface area contributed by atoms with Crippen molar-refractivity contribution in [1.29, 1.82) is 0 Å². The van der Waals surface area contributed by atoms with E-state index in [0.29, 0.717) is 10.7 Å². The Balaban J connectivity index is 1.98. The van der Waals surface area contributed by atoms with Gasteiger partial charge in [-0.1, -0.05) is 11.6 Å². The third-order valence-corrected chi connectivity index (χ3v) is 2.68. The minimum atomic E-state index is -0.455. The maximum Gasteiger partial charge on any atom is 0.243 e. The van der Waals surface area contributed by atoms with E-state index in [1.54, 1.807) is 6.07 Å². The number of hydrogen-bond acceptors (Lipinski definition) is 4. The molecule has 0 bridgehead atoms. The molecule has 1 fully saturated rings. The summed E-state index contributed by atoms with van der Waals surface area (Å²) in [5.74, 6) is -0.367. The summed E-state index contributed by atoms with van der Waals surface area (Å²) in [5.41, 5.74) is 0.456. The molecule has 17 heavy (non-hydrogen) atoms. The molecule has 0 aromatic carbocycles. The summed E-state index contributed by atoms with van der Waals surface area (Å²) in [6.45, 7) is 0.404. The van der Waals surface area contributed by atoms with Crippen LogP contribution in [0.3, 0.4) is 0 Å². The van der Waals surface area contributed by atoms with Gasteiger partial charge < -0.3 is 10.6 Å². The number of anilines is 1. The highest BCUT2D eigenvalue weighted by molar-refractivity contribution is 6.33. The van der Waals surface area contributed by atoms with Crippen LogP contribution in [0.1, 0.15) is 0 Å². The van der Waals surface area contributed by atoms with Gasteiger partial charge in [0, 0.05) is 12.7 Å². The average Bonchev–Trinajstić information content (AvgIpc) is 2.33. The van der Waals surface area contributed by atoms with Gasteiger partial charge in [-0.2, -0.15) is 0 Å². The zero-order chi connectivity index (χ0) is 12.3. The molecule has 1 aliphatic rings. The number of carbonyl (C=O) groups is 2. The molecule has 2 rings (SSSR count). The molecule has 1 aromatic rings. The molecule has 6 nitrogen and oxygen atoms in total. The first-order chi connectivity index (χ1) is 8.16. The number of hydrogen-bond donors (Lipinski definition) is 3. The lowest BCUT2D eigenvalue weighted by Gasteiger charge is -2.23. The molecule has 0 spiro atoms. The van der Waals surface area contributed by atoms with E-state index in [9.17, 15) is 9.59 Å². The monoisotopic (exact) mass is 254 g/mol. The van der Waals surface area contributed by atoms with E-state index in [-0.39, 0.29) is 24.9 Å². The van der Waals surface area contributed by atoms with Crippen molar-refractivity contribution in [3.05, 3.63) is 23.5 Å². The third kappa shape index (κ3) is 2.92. The highest BCUT2D eigenvalue weighted by atomic mass is 35.5. The van der Waals surface area contributed by atoms with Crippen LogP contribution in [-0.2, 0) is 9.59 Å². The highest BCUT2D eigenvalue weighted by Gasteiger charge is 2.24. The van der Waals surface area contributed by atoms with Gasteiger partial charge in [-0.25, -0.2) is 0 Å². The van der Waals surface area contributed by atoms with Crippen molar-refractivity contribution in [2.45, 2.75) is 6.04 Å². The zero-order valence-corrected chi connectivity index (χ0v) is 9.62. The van der Waals surface area contributed by atoms with Crippen molar-refractivity contribution in [3.63, 3.8) is 0 Å². The van der Waals surface area contributed by atoms with E-state index >= 15 is 0 Å². The van der Waals surface area contributed by atoms with Crippen molar-refractivity contribution < 1.29 is 9.59 Å². The van der Waals surface area contributed by atoms with Crippen molar-refractivity contribution in [2.75, 3.05) is 18.4 Å². The predicted molar refractivity (Wildman–Crippen MR) is 62.7 cm³/mol. The Morgan fingerprint density at radius 2 is 2.41 bits per heavy atom. The van der Waals surface area contributed by atoms with Gasteiger partial charge in [0.1, 0.15) is 6.04 Å². The minimum absolute atomic E-state index is 0.117. The molecule has 0 aliphatic carbocycles. The van der Waals surface area contributed by atoms with E-state index < -0.39 is 6.04 Å². The molecule has 1 aromatic heterocycles. The van der Waals surface area contributed by atoms with Gasteiger partial charge in [-0.05, 0) is 6.07 Å². The van der Waals surface area contributed by atoms with Crippen LogP contribution in [0.4, 0.5) is 5.69 Å². The van der Waals surface area contributed by atoms with Gasteiger partial charge in [0.2, 0.25) is 11.8 Å². The van der Waals surface area contributed by atoms with Gasteiger partial charge >= 0.3 is 0 Å². The fraction of sp³-hybridized carbons (Fsp3) is 0.300. The topological polar surface area (TPSA) is 83.1 Å². The van der Waals surface area contributed by atoms with Crippen molar-refractivity contribution in [2.24, 2.45) is 0 Å². The van der Waals surface area contributed by atoms with E-state index in [1.807, 2.05) is 0 Å². The van der Waals surface area contributed by atoms with Crippen molar-refractivity contribution in [1.82, 2.24) is 15.6 Å². The van der Waals surface area contributed by atoms with Gasteiger partial charge in [0.25, 0.3) is 0 Å². The molecular weight excluding hydrogens is 244 g/mol. The van der Waals surface area contributed by atoms with E-state index in [1.165, 1.54) is 12.4 Å². The number of aromatic nitrogens is 1. The smallest absolute Gasteiger partial charge is 0.243 e. The molecule has 1 saturated heterocycles. The summed E-state index contributed by atoms with van der Waals surface area (Å²) in [6, 6.07) is 1.14. The number of rotatable bonds is 2. The van der Waals surface area contributed by atoms with Gasteiger partial charge in [-0.15, -0.1) is 0 Å². The number of pyridine rings is 1. The first-order valence-electron chi connectivity index (χ1n) is 5.07. The SMILES string of the molecule is O=C1CNC(C(=O)Nc2cnccc2Cl)CN1. The summed E-state index contributed by atoms with van der Waals surface area (Å²) in [5, 5.41) is 8.50. The lowest BCUT2D eigenvalue weighted by atomic mass is 10.2. The minimum Gasteiger partial charge on any atom is -0.353 e. The quantitative estimate of drug-likeness (QED) is 0.680. The maximum atomic E-state index is 11.8. The number of nitrogens with zero attached hydrogens (tertiary/aromatic N) is 1. The van der Waals surface area contributed by atoms with Crippen LogP contribution in [0.15, 0.2) is 18.5 Å². The predicted octanol–water partition coefficient (Wildman–Crippen LogP) is -0.239. The van der Waals surface area contributed by atoms with Crippen LogP contribution in [0.5, 0.6) is 0 Å². The standard InChI is InChI=1S/C10H11ClN4O2/c11-6-1-2-12-3-7(6)15-10(17)8-4-14-9(16)5-13-8/h1-3,8,13H,4-5H2,(H,14,16)(H,15,17). The lowest BCUT2D eigenvalue weighted by molar-refractivity contribution is -0.124. The summed E-state index contributed by atoms with van der Waals surface area (Å²) < 4.78 is 0. The molecule has 1 aliphatic heterocycles. The Morgan fingerprint density at radius 1 is 1.59 bits per heavy atom. The molecule has 0 saturated carbocycles. The van der Waals surface area contributed by atoms with Crippen LogP contribution >= 0.6 is 11.6 Å². The summed E-state index contributed by atoms with van der Waals surface area (Å²) >= 11 is 5.89. The second-order valence-electron chi connectivity index (χ2n) is 3.58. The van der Waals surface area contributed by atoms with Crippen LogP contribution < -0.4 is 16.0 Å². The van der Waals surface area contributed by atoms with Gasteiger partial charge in [0.05, 0.1) is 23.5 Å². The number of amides is 2. The zero-order valence-electron chi connectivity index (χ0n) is 8.87. The summed E-state index contributed by atoms with van der Waals surface area (Å²) in [7, 11) is 0. The second kappa shape index (κ2) is 5.11. The Labute approximate surface area is 103 Å². The first-order valence-corrected chi connectivity index (χ1v) is 5.45. The van der Waals surface area contributed by atoms with Gasteiger partial charge in [0.15, 0.2) is 0 Å². The number of piperazine rings is 1. The second-order valence-corrected chi connectivity index (χ2v) is 3.99. The fourth-order valence-electron chi connectivity index (χ4n) is 1.44. The summed E-state index contributed by atoms with van der Waals surface area (Å²) in [4.78, 5) is 26.6. The molecular formula is C10H11ClN4O2. The average molecular weight is 255 g/mol. The highest BCUT2D eigenvalue weighted by Crippen LogP contribution is 2.19. The Morgan fingerprint density at radius 3 is 3.06 bits per heavy atom. The first kappa shape index (κ1) is 11.8. The molecule has 1 unspecified atom stereocenters. The number of carbonyl (C=O) groups excluding carboxylic acids is 2. The maximum absolute atomic E-state index is 11.8. The van der Waals surface area contributed by atoms with E-state index in [2.05, 4.69) is 20.9 Å². The normalized spacial score (nSPS) is 19.6. The third-order valence-electron chi connectivity index (χ3n) is 2.35. The van der Waals surface area contributed by atoms with E-state index in [0.717, 1.165) is 0 Å². The Kier molecular flexibility index (Phi) is 3.55. The lowest BCUT2D eigenvalue weighted by Crippen LogP contribution is -2.56. The van der Waals surface area contributed by atoms with Crippen molar-refractivity contribution >= 4 is 29.1 Å². The van der Waals surface area contributed by atoms with Crippen LogP contribution in [0.25, 0.3) is 0 Å². The molecule has 0 radical (unpaired) electrons. The molecule has 2 heterocycles. The van der Waals surface area contributed by atoms with Gasteiger partial charge in [-0.3, -0.25) is 19.9 Å².